The van der Waals surface area contributed by atoms with Crippen molar-refractivity contribution in [1.29, 1.82) is 0 Å². The molecule has 0 radical (unpaired) electrons. The predicted molar refractivity (Wildman–Crippen MR) is 70.0 cm³/mol. The number of methoxy groups -OCH3 is 1. The molecule has 0 saturated carbocycles. The van der Waals surface area contributed by atoms with Crippen LogP contribution >= 0.6 is 0 Å². The third-order valence-electron chi connectivity index (χ3n) is 2.78. The van der Waals surface area contributed by atoms with Crippen LogP contribution in [0.4, 0.5) is 0 Å². The first-order chi connectivity index (χ1) is 8.52. The van der Waals surface area contributed by atoms with Gasteiger partial charge < -0.3 is 14.0 Å². The second kappa shape index (κ2) is 4.72. The van der Waals surface area contributed by atoms with Crippen LogP contribution in [-0.2, 0) is 11.8 Å². The highest BCUT2D eigenvalue weighted by molar-refractivity contribution is 5.95. The Kier molecular flexibility index (Phi) is 3.28. The minimum atomic E-state index is -0.333. The van der Waals surface area contributed by atoms with Crippen molar-refractivity contribution in [1.82, 2.24) is 4.57 Å². The van der Waals surface area contributed by atoms with E-state index in [2.05, 4.69) is 0 Å². The summed E-state index contributed by atoms with van der Waals surface area (Å²) >= 11 is 0. The topological polar surface area (TPSA) is 40.5 Å². The normalized spacial score (nSPS) is 10.9. The average molecular weight is 247 g/mol. The van der Waals surface area contributed by atoms with Crippen molar-refractivity contribution in [2.45, 2.75) is 20.0 Å². The average Bonchev–Trinajstić information content (AvgIpc) is 2.65. The number of rotatable bonds is 3. The van der Waals surface area contributed by atoms with Crippen LogP contribution in [0.2, 0.25) is 0 Å². The number of nitrogens with zero attached hydrogens (tertiary/aromatic N) is 1. The van der Waals surface area contributed by atoms with E-state index in [9.17, 15) is 4.79 Å². The summed E-state index contributed by atoms with van der Waals surface area (Å²) in [6.45, 7) is 3.96. The molecule has 0 N–H and O–H groups in total. The van der Waals surface area contributed by atoms with Crippen molar-refractivity contribution < 1.29 is 14.3 Å². The first kappa shape index (κ1) is 12.5. The molecule has 0 atom stereocenters. The molecule has 0 spiro atoms. The van der Waals surface area contributed by atoms with E-state index in [1.807, 2.05) is 49.7 Å². The molecule has 0 amide bonds. The van der Waals surface area contributed by atoms with Crippen LogP contribution in [0.5, 0.6) is 5.75 Å². The highest BCUT2D eigenvalue weighted by Gasteiger charge is 2.14. The number of carbonyl (C=O) groups is 1. The van der Waals surface area contributed by atoms with Gasteiger partial charge in [0.05, 0.1) is 13.2 Å². The van der Waals surface area contributed by atoms with E-state index in [4.69, 9.17) is 9.47 Å². The second-order valence-electron chi connectivity index (χ2n) is 4.47. The van der Waals surface area contributed by atoms with Gasteiger partial charge in [0.1, 0.15) is 11.4 Å². The van der Waals surface area contributed by atoms with Gasteiger partial charge in [-0.25, -0.2) is 4.79 Å². The van der Waals surface area contributed by atoms with E-state index in [0.717, 1.165) is 16.7 Å². The molecule has 0 aliphatic rings. The van der Waals surface area contributed by atoms with Crippen LogP contribution in [0.3, 0.4) is 0 Å². The van der Waals surface area contributed by atoms with E-state index in [-0.39, 0.29) is 12.1 Å². The first-order valence-corrected chi connectivity index (χ1v) is 5.87. The monoisotopic (exact) mass is 247 g/mol. The molecule has 0 aliphatic heterocycles. The van der Waals surface area contributed by atoms with Crippen molar-refractivity contribution in [2.24, 2.45) is 7.05 Å². The smallest absolute Gasteiger partial charge is 0.354 e. The summed E-state index contributed by atoms with van der Waals surface area (Å²) < 4.78 is 12.2. The second-order valence-corrected chi connectivity index (χ2v) is 4.47. The summed E-state index contributed by atoms with van der Waals surface area (Å²) in [5, 5.41) is 0.969. The lowest BCUT2D eigenvalue weighted by molar-refractivity contribution is 0.0590. The molecule has 1 aromatic carbocycles. The van der Waals surface area contributed by atoms with Gasteiger partial charge in [0.25, 0.3) is 0 Å². The lowest BCUT2D eigenvalue weighted by Crippen LogP contribution is -2.07. The third-order valence-corrected chi connectivity index (χ3v) is 2.78. The van der Waals surface area contributed by atoms with Crippen molar-refractivity contribution >= 4 is 16.9 Å². The Balaban J connectivity index is 2.48. The molecule has 0 fully saturated rings. The molecule has 1 aromatic heterocycles. The highest BCUT2D eigenvalue weighted by atomic mass is 16.5. The Bertz CT molecular complexity index is 584. The minimum Gasteiger partial charge on any atom is -0.491 e. The zero-order valence-electron chi connectivity index (χ0n) is 11.1. The Morgan fingerprint density at radius 2 is 2.00 bits per heavy atom. The molecule has 4 nitrogen and oxygen atoms in total. The number of fused-ring (bicyclic) bond motifs is 1. The van der Waals surface area contributed by atoms with Crippen molar-refractivity contribution in [3.05, 3.63) is 30.0 Å². The summed E-state index contributed by atoms with van der Waals surface area (Å²) in [6.07, 6.45) is 0.131. The minimum absolute atomic E-state index is 0.131. The number of benzene rings is 1. The molecule has 18 heavy (non-hydrogen) atoms. The van der Waals surface area contributed by atoms with Crippen molar-refractivity contribution in [2.75, 3.05) is 7.11 Å². The van der Waals surface area contributed by atoms with E-state index in [1.165, 1.54) is 7.11 Å². The number of hydrogen-bond acceptors (Lipinski definition) is 3. The van der Waals surface area contributed by atoms with Gasteiger partial charge in [0.2, 0.25) is 0 Å². The largest absolute Gasteiger partial charge is 0.491 e. The van der Waals surface area contributed by atoms with Gasteiger partial charge in [-0.05, 0) is 38.1 Å². The maximum Gasteiger partial charge on any atom is 0.354 e. The maximum absolute atomic E-state index is 11.6. The fourth-order valence-corrected chi connectivity index (χ4v) is 1.97. The fourth-order valence-electron chi connectivity index (χ4n) is 1.97. The maximum atomic E-state index is 11.6. The van der Waals surface area contributed by atoms with Crippen molar-refractivity contribution in [3.63, 3.8) is 0 Å². The SMILES string of the molecule is COC(=O)c1cc2cc(OC(C)C)ccc2n1C. The Morgan fingerprint density at radius 1 is 1.28 bits per heavy atom. The van der Waals surface area contributed by atoms with Gasteiger partial charge in [0, 0.05) is 18.0 Å². The number of hydrogen-bond donors (Lipinski definition) is 0. The zero-order valence-corrected chi connectivity index (χ0v) is 11.1. The van der Waals surface area contributed by atoms with Crippen LogP contribution in [0.15, 0.2) is 24.3 Å². The summed E-state index contributed by atoms with van der Waals surface area (Å²) in [5.74, 6) is 0.472. The Hall–Kier alpha value is -1.97. The Morgan fingerprint density at radius 3 is 2.61 bits per heavy atom. The lowest BCUT2D eigenvalue weighted by Gasteiger charge is -2.09. The standard InChI is InChI=1S/C14H17NO3/c1-9(2)18-11-5-6-12-10(7-11)8-13(15(12)3)14(16)17-4/h5-9H,1-4H3. The van der Waals surface area contributed by atoms with E-state index < -0.39 is 0 Å². The van der Waals surface area contributed by atoms with Gasteiger partial charge in [-0.3, -0.25) is 0 Å². The summed E-state index contributed by atoms with van der Waals surface area (Å²) in [6, 6.07) is 7.60. The van der Waals surface area contributed by atoms with E-state index >= 15 is 0 Å². The molecule has 0 unspecified atom stereocenters. The molecule has 2 aromatic rings. The van der Waals surface area contributed by atoms with Crippen LogP contribution in [0, 0.1) is 0 Å². The molecule has 0 bridgehead atoms. The molecule has 1 heterocycles. The molecule has 0 aliphatic carbocycles. The van der Waals surface area contributed by atoms with Crippen molar-refractivity contribution in [3.8, 4) is 5.75 Å². The van der Waals surface area contributed by atoms with Crippen LogP contribution in [-0.4, -0.2) is 23.8 Å². The van der Waals surface area contributed by atoms with Crippen LogP contribution < -0.4 is 4.74 Å². The summed E-state index contributed by atoms with van der Waals surface area (Å²) in [5.41, 5.74) is 1.51. The lowest BCUT2D eigenvalue weighted by atomic mass is 10.2. The number of carbonyl (C=O) groups excluding carboxylic acids is 1. The van der Waals surface area contributed by atoms with Gasteiger partial charge in [-0.15, -0.1) is 0 Å². The van der Waals surface area contributed by atoms with Gasteiger partial charge in [-0.2, -0.15) is 0 Å². The highest BCUT2D eigenvalue weighted by Crippen LogP contribution is 2.24. The first-order valence-electron chi connectivity index (χ1n) is 5.87. The molecular weight excluding hydrogens is 230 g/mol. The molecule has 0 saturated heterocycles. The zero-order chi connectivity index (χ0) is 13.3. The van der Waals surface area contributed by atoms with Gasteiger partial charge in [-0.1, -0.05) is 0 Å². The van der Waals surface area contributed by atoms with Gasteiger partial charge >= 0.3 is 5.97 Å². The number of aromatic nitrogens is 1. The molecule has 96 valence electrons. The summed E-state index contributed by atoms with van der Waals surface area (Å²) in [4.78, 5) is 11.6. The van der Waals surface area contributed by atoms with Crippen LogP contribution in [0.25, 0.3) is 10.9 Å². The molecule has 4 heteroatoms. The number of ether oxygens (including phenoxy) is 2. The third kappa shape index (κ3) is 2.18. The van der Waals surface area contributed by atoms with E-state index in [0.29, 0.717) is 5.69 Å². The van der Waals surface area contributed by atoms with Crippen LogP contribution in [0.1, 0.15) is 24.3 Å². The molecule has 2 rings (SSSR count). The number of aryl methyl sites for hydroxylation is 1. The summed E-state index contributed by atoms with van der Waals surface area (Å²) in [7, 11) is 3.23. The van der Waals surface area contributed by atoms with E-state index in [1.54, 1.807) is 0 Å². The molecular formula is C14H17NO3. The number of esters is 1. The predicted octanol–water partition coefficient (Wildman–Crippen LogP) is 2.75. The Labute approximate surface area is 106 Å². The quantitative estimate of drug-likeness (QED) is 0.783. The fraction of sp³-hybridized carbons (Fsp3) is 0.357. The van der Waals surface area contributed by atoms with Gasteiger partial charge in [0.15, 0.2) is 0 Å².